The fraction of sp³-hybridized carbons (Fsp3) is 0.111. The van der Waals surface area contributed by atoms with Crippen molar-refractivity contribution in [3.8, 4) is 5.75 Å². The molecule has 0 unspecified atom stereocenters. The molecular formula is C36H29F3O5S2. The van der Waals surface area contributed by atoms with Gasteiger partial charge in [0.25, 0.3) is 0 Å². The summed E-state index contributed by atoms with van der Waals surface area (Å²) in [6, 6.07) is 40.9. The van der Waals surface area contributed by atoms with Crippen LogP contribution in [0, 0.1) is 0 Å². The van der Waals surface area contributed by atoms with Crippen LogP contribution in [-0.2, 0) is 24.9 Å². The van der Waals surface area contributed by atoms with Crippen LogP contribution >= 0.6 is 10.3 Å². The van der Waals surface area contributed by atoms with Crippen molar-refractivity contribution in [2.75, 3.05) is 13.4 Å². The standard InChI is InChI=1S/C36H29F3O5S2/c37-36(38,39)46(40,41)44-45(29-14-3-1-4-15-29,30-16-5-2-6-17-30)35-22-12-11-21-34(35)43-26-42-24-23-28-25-27-13-7-8-18-31(27)33-20-10-9-19-32(28)33/h1-22,25H,23-24,26H2. The molecule has 6 rings (SSSR count). The lowest BCUT2D eigenvalue weighted by molar-refractivity contribution is -0.0496. The van der Waals surface area contributed by atoms with Crippen LogP contribution in [0.25, 0.3) is 21.5 Å². The molecule has 6 aromatic rings. The molecular weight excluding hydrogens is 634 g/mol. The van der Waals surface area contributed by atoms with Gasteiger partial charge in [0.05, 0.1) is 11.5 Å². The largest absolute Gasteiger partial charge is 0.524 e. The van der Waals surface area contributed by atoms with E-state index in [1.54, 1.807) is 78.9 Å². The maximum Gasteiger partial charge on any atom is 0.524 e. The van der Waals surface area contributed by atoms with Crippen molar-refractivity contribution in [1.82, 2.24) is 0 Å². The van der Waals surface area contributed by atoms with Crippen molar-refractivity contribution in [2.24, 2.45) is 0 Å². The van der Waals surface area contributed by atoms with Crippen molar-refractivity contribution in [3.63, 3.8) is 0 Å². The van der Waals surface area contributed by atoms with Gasteiger partial charge in [-0.15, -0.1) is 0 Å². The van der Waals surface area contributed by atoms with Gasteiger partial charge in [-0.25, -0.2) is 0 Å². The topological polar surface area (TPSA) is 61.8 Å². The summed E-state index contributed by atoms with van der Waals surface area (Å²) in [5, 5.41) is 4.56. The zero-order chi connectivity index (χ0) is 32.2. The van der Waals surface area contributed by atoms with E-state index in [1.807, 2.05) is 24.3 Å². The molecule has 0 saturated carbocycles. The molecule has 0 radical (unpaired) electrons. The number of rotatable bonds is 11. The van der Waals surface area contributed by atoms with E-state index >= 15 is 0 Å². The van der Waals surface area contributed by atoms with Crippen molar-refractivity contribution in [2.45, 2.75) is 26.6 Å². The smallest absolute Gasteiger partial charge is 0.466 e. The van der Waals surface area contributed by atoms with Crippen molar-refractivity contribution >= 4 is 42.0 Å². The Hall–Kier alpha value is -4.35. The van der Waals surface area contributed by atoms with Gasteiger partial charge in [0, 0.05) is 9.79 Å². The maximum atomic E-state index is 13.9. The molecule has 0 saturated heterocycles. The Balaban J connectivity index is 1.31. The van der Waals surface area contributed by atoms with E-state index in [-0.39, 0.29) is 27.2 Å². The maximum absolute atomic E-state index is 13.9. The van der Waals surface area contributed by atoms with Crippen LogP contribution < -0.4 is 4.74 Å². The molecule has 0 aliphatic heterocycles. The summed E-state index contributed by atoms with van der Waals surface area (Å²) in [7, 11) is -9.58. The molecule has 0 amide bonds. The third-order valence-electron chi connectivity index (χ3n) is 7.45. The highest BCUT2D eigenvalue weighted by Gasteiger charge is 2.53. The van der Waals surface area contributed by atoms with Gasteiger partial charge in [-0.05, 0) is 80.2 Å². The van der Waals surface area contributed by atoms with Crippen molar-refractivity contribution in [3.05, 3.63) is 145 Å². The molecule has 0 spiro atoms. The molecule has 0 fully saturated rings. The third kappa shape index (κ3) is 6.21. The number of para-hydroxylation sites is 1. The number of hydrogen-bond acceptors (Lipinski definition) is 5. The molecule has 0 atom stereocenters. The van der Waals surface area contributed by atoms with Gasteiger partial charge >= 0.3 is 15.6 Å². The zero-order valence-corrected chi connectivity index (χ0v) is 26.0. The average Bonchev–Trinajstić information content (AvgIpc) is 3.07. The minimum atomic E-state index is -6.06. The molecule has 46 heavy (non-hydrogen) atoms. The van der Waals surface area contributed by atoms with Crippen molar-refractivity contribution in [1.29, 1.82) is 0 Å². The predicted octanol–water partition coefficient (Wildman–Crippen LogP) is 9.65. The highest BCUT2D eigenvalue weighted by atomic mass is 32.3. The highest BCUT2D eigenvalue weighted by Crippen LogP contribution is 2.72. The first-order valence-electron chi connectivity index (χ1n) is 14.4. The fourth-order valence-corrected chi connectivity index (χ4v) is 10.2. The number of halogens is 3. The van der Waals surface area contributed by atoms with Crippen LogP contribution in [0.15, 0.2) is 154 Å². The lowest BCUT2D eigenvalue weighted by Gasteiger charge is -2.40. The van der Waals surface area contributed by atoms with Gasteiger partial charge in [0.1, 0.15) is 5.75 Å². The van der Waals surface area contributed by atoms with Gasteiger partial charge in [-0.2, -0.15) is 25.2 Å². The monoisotopic (exact) mass is 662 g/mol. The highest BCUT2D eigenvalue weighted by molar-refractivity contribution is 8.33. The minimum absolute atomic E-state index is 0.138. The molecule has 0 bridgehead atoms. The van der Waals surface area contributed by atoms with Gasteiger partial charge in [0.15, 0.2) is 6.79 Å². The summed E-state index contributed by atoms with van der Waals surface area (Å²) < 4.78 is 84.3. The second kappa shape index (κ2) is 13.2. The first-order valence-corrected chi connectivity index (χ1v) is 17.3. The zero-order valence-electron chi connectivity index (χ0n) is 24.4. The average molecular weight is 663 g/mol. The summed E-state index contributed by atoms with van der Waals surface area (Å²) in [6.45, 7) is 0.0759. The van der Waals surface area contributed by atoms with E-state index in [9.17, 15) is 21.6 Å². The van der Waals surface area contributed by atoms with Crippen LogP contribution in [0.2, 0.25) is 0 Å². The molecule has 6 aromatic carbocycles. The van der Waals surface area contributed by atoms with E-state index in [2.05, 4.69) is 30.3 Å². The van der Waals surface area contributed by atoms with Crippen LogP contribution in [0.1, 0.15) is 5.56 Å². The van der Waals surface area contributed by atoms with Crippen LogP contribution in [-0.4, -0.2) is 27.3 Å². The van der Waals surface area contributed by atoms with E-state index in [0.717, 1.165) is 21.7 Å². The quantitative estimate of drug-likeness (QED) is 0.0599. The number of hydrogen-bond donors (Lipinski definition) is 0. The number of fused-ring (bicyclic) bond motifs is 3. The van der Waals surface area contributed by atoms with E-state index in [4.69, 9.17) is 13.1 Å². The molecule has 5 nitrogen and oxygen atoms in total. The van der Waals surface area contributed by atoms with Crippen LogP contribution in [0.3, 0.4) is 0 Å². The molecule has 10 heteroatoms. The third-order valence-corrected chi connectivity index (χ3v) is 12.4. The van der Waals surface area contributed by atoms with E-state index in [0.29, 0.717) is 13.0 Å². The second-order valence-corrected chi connectivity index (χ2v) is 14.7. The van der Waals surface area contributed by atoms with E-state index < -0.39 is 25.9 Å². The summed E-state index contributed by atoms with van der Waals surface area (Å²) in [4.78, 5) is 0.632. The Morgan fingerprint density at radius 3 is 1.80 bits per heavy atom. The van der Waals surface area contributed by atoms with Crippen LogP contribution in [0.4, 0.5) is 13.2 Å². The first-order chi connectivity index (χ1) is 22.2. The first kappa shape index (κ1) is 31.6. The second-order valence-electron chi connectivity index (χ2n) is 10.3. The summed E-state index contributed by atoms with van der Waals surface area (Å²) in [5.41, 5.74) is -4.54. The normalized spacial score (nSPS) is 12.8. The van der Waals surface area contributed by atoms with Crippen molar-refractivity contribution < 1.29 is 34.7 Å². The van der Waals surface area contributed by atoms with E-state index in [1.165, 1.54) is 11.5 Å². The predicted molar refractivity (Wildman–Crippen MR) is 174 cm³/mol. The van der Waals surface area contributed by atoms with Gasteiger partial charge in [-0.1, -0.05) is 103 Å². The lowest BCUT2D eigenvalue weighted by Crippen LogP contribution is -2.27. The SMILES string of the molecule is O=S(=O)(OS(c1ccccc1)(c1ccccc1)c1ccccc1OCOCCc1cc2ccccc2c2ccccc12)C(F)(F)F. The Morgan fingerprint density at radius 1 is 0.609 bits per heavy atom. The van der Waals surface area contributed by atoms with Crippen LogP contribution in [0.5, 0.6) is 5.75 Å². The van der Waals surface area contributed by atoms with Gasteiger partial charge < -0.3 is 9.47 Å². The van der Waals surface area contributed by atoms with Gasteiger partial charge in [-0.3, -0.25) is 0 Å². The molecule has 0 aliphatic carbocycles. The molecule has 236 valence electrons. The number of ether oxygens (including phenoxy) is 2. The Kier molecular flexibility index (Phi) is 9.06. The number of alkyl halides is 3. The molecule has 0 N–H and O–H groups in total. The Morgan fingerprint density at radius 2 is 1.15 bits per heavy atom. The fourth-order valence-electron chi connectivity index (χ4n) is 5.39. The molecule has 0 heterocycles. The lowest BCUT2D eigenvalue weighted by atomic mass is 9.96. The molecule has 0 aromatic heterocycles. The summed E-state index contributed by atoms with van der Waals surface area (Å²) in [6.07, 6.45) is 0.590. The summed E-state index contributed by atoms with van der Waals surface area (Å²) >= 11 is 0. The Bertz CT molecular complexity index is 2030. The summed E-state index contributed by atoms with van der Waals surface area (Å²) in [5.74, 6) is 0.138. The molecule has 0 aliphatic rings. The minimum Gasteiger partial charge on any atom is -0.466 e. The van der Waals surface area contributed by atoms with Gasteiger partial charge in [0.2, 0.25) is 0 Å². The number of benzene rings is 6. The Labute approximate surface area is 266 Å².